The summed E-state index contributed by atoms with van der Waals surface area (Å²) < 4.78 is 1.07. The first-order valence-electron chi connectivity index (χ1n) is 8.43. The van der Waals surface area contributed by atoms with Gasteiger partial charge in [0, 0.05) is 34.3 Å². The zero-order valence-electron chi connectivity index (χ0n) is 13.6. The largest absolute Gasteiger partial charge is 0.379 e. The number of hydrogen-bond donors (Lipinski definition) is 2. The van der Waals surface area contributed by atoms with Crippen molar-refractivity contribution in [3.8, 4) is 0 Å². The summed E-state index contributed by atoms with van der Waals surface area (Å²) in [6, 6.07) is 6.24. The minimum atomic E-state index is 0.178. The van der Waals surface area contributed by atoms with Gasteiger partial charge in [-0.1, -0.05) is 42.1 Å². The molecule has 25 heavy (non-hydrogen) atoms. The smallest absolute Gasteiger partial charge is 0.131 e. The Labute approximate surface area is 165 Å². The third-order valence-corrected chi connectivity index (χ3v) is 7.68. The predicted octanol–water partition coefficient (Wildman–Crippen LogP) is 6.26. The van der Waals surface area contributed by atoms with Gasteiger partial charge in [0.1, 0.15) is 10.7 Å². The van der Waals surface area contributed by atoms with Crippen molar-refractivity contribution in [3.63, 3.8) is 0 Å². The Kier molecular flexibility index (Phi) is 5.20. The maximum atomic E-state index is 6.71. The summed E-state index contributed by atoms with van der Waals surface area (Å²) in [4.78, 5) is 6.93. The topological polar surface area (TPSA) is 50.9 Å². The number of pyridine rings is 1. The van der Waals surface area contributed by atoms with Crippen molar-refractivity contribution in [2.24, 2.45) is 5.73 Å². The molecule has 0 spiro atoms. The molecule has 1 saturated carbocycles. The number of aromatic nitrogens is 1. The summed E-state index contributed by atoms with van der Waals surface area (Å²) >= 11 is 16.4. The van der Waals surface area contributed by atoms with Gasteiger partial charge < -0.3 is 11.1 Å². The molecule has 132 valence electrons. The lowest BCUT2D eigenvalue weighted by Crippen LogP contribution is -2.30. The summed E-state index contributed by atoms with van der Waals surface area (Å²) in [6.45, 7) is 0.765. The molecule has 0 amide bonds. The van der Waals surface area contributed by atoms with Crippen LogP contribution in [0.2, 0.25) is 10.2 Å². The number of fused-ring (bicyclic) bond motifs is 1. The van der Waals surface area contributed by atoms with E-state index in [1.54, 1.807) is 22.7 Å². The fourth-order valence-corrected chi connectivity index (χ4v) is 6.10. The predicted molar refractivity (Wildman–Crippen MR) is 110 cm³/mol. The summed E-state index contributed by atoms with van der Waals surface area (Å²) in [7, 11) is 0. The Bertz CT molecular complexity index is 876. The van der Waals surface area contributed by atoms with Gasteiger partial charge in [-0.2, -0.15) is 0 Å². The Hall–Kier alpha value is -0.850. The Morgan fingerprint density at radius 3 is 2.88 bits per heavy atom. The van der Waals surface area contributed by atoms with Crippen LogP contribution in [-0.2, 0) is 6.54 Å². The third-order valence-electron chi connectivity index (χ3n) is 4.77. The first-order valence-corrected chi connectivity index (χ1v) is 10.9. The molecule has 3 aromatic rings. The van der Waals surface area contributed by atoms with Crippen molar-refractivity contribution in [1.29, 1.82) is 0 Å². The van der Waals surface area contributed by atoms with Gasteiger partial charge in [-0.25, -0.2) is 4.98 Å². The highest BCUT2D eigenvalue weighted by Crippen LogP contribution is 2.46. The number of halogens is 2. The average Bonchev–Trinajstić information content (AvgIpc) is 3.22. The van der Waals surface area contributed by atoms with Crippen LogP contribution in [0.15, 0.2) is 23.6 Å². The van der Waals surface area contributed by atoms with Gasteiger partial charge in [-0.05, 0) is 24.3 Å². The van der Waals surface area contributed by atoms with Gasteiger partial charge in [-0.15, -0.1) is 22.7 Å². The van der Waals surface area contributed by atoms with Crippen LogP contribution < -0.4 is 11.1 Å². The van der Waals surface area contributed by atoms with E-state index in [-0.39, 0.29) is 6.04 Å². The molecule has 0 bridgehead atoms. The minimum absolute atomic E-state index is 0.178. The maximum absolute atomic E-state index is 6.71. The van der Waals surface area contributed by atoms with E-state index < -0.39 is 0 Å². The zero-order valence-corrected chi connectivity index (χ0v) is 16.7. The highest BCUT2D eigenvalue weighted by molar-refractivity contribution is 7.20. The first kappa shape index (κ1) is 17.6. The molecular weight excluding hydrogens is 393 g/mol. The number of nitrogens with two attached hydrogens (primary N) is 1. The molecule has 4 rings (SSSR count). The molecule has 0 saturated heterocycles. The van der Waals surface area contributed by atoms with E-state index in [1.165, 1.54) is 17.7 Å². The number of rotatable bonds is 4. The summed E-state index contributed by atoms with van der Waals surface area (Å²) in [5.41, 5.74) is 8.16. The SMILES string of the molecule is N[C@@H]1CCCC[C@@H]1c1sc2c(NCc3cccs3)cc(Cl)nc2c1Cl. The molecule has 3 heterocycles. The molecule has 0 aliphatic heterocycles. The maximum Gasteiger partial charge on any atom is 0.131 e. The molecule has 7 heteroatoms. The molecule has 3 nitrogen and oxygen atoms in total. The molecule has 3 N–H and O–H groups in total. The average molecular weight is 412 g/mol. The van der Waals surface area contributed by atoms with Crippen LogP contribution in [0.4, 0.5) is 5.69 Å². The molecule has 2 atom stereocenters. The van der Waals surface area contributed by atoms with Gasteiger partial charge in [0.05, 0.1) is 15.4 Å². The Balaban J connectivity index is 1.72. The van der Waals surface area contributed by atoms with Crippen LogP contribution in [0.5, 0.6) is 0 Å². The monoisotopic (exact) mass is 411 g/mol. The second-order valence-electron chi connectivity index (χ2n) is 6.44. The highest BCUT2D eigenvalue weighted by Gasteiger charge is 2.29. The molecule has 1 aliphatic rings. The molecule has 1 fully saturated rings. The number of nitrogens with one attached hydrogen (secondary N) is 1. The fraction of sp³-hybridized carbons (Fsp3) is 0.389. The van der Waals surface area contributed by atoms with E-state index in [2.05, 4.69) is 27.8 Å². The number of hydrogen-bond acceptors (Lipinski definition) is 5. The van der Waals surface area contributed by atoms with Crippen LogP contribution in [0, 0.1) is 0 Å². The molecule has 1 aliphatic carbocycles. The van der Waals surface area contributed by atoms with E-state index in [4.69, 9.17) is 28.9 Å². The van der Waals surface area contributed by atoms with Crippen molar-refractivity contribution < 1.29 is 0 Å². The van der Waals surface area contributed by atoms with E-state index in [0.717, 1.165) is 45.2 Å². The summed E-state index contributed by atoms with van der Waals surface area (Å²) in [5.74, 6) is 0.323. The lowest BCUT2D eigenvalue weighted by atomic mass is 9.84. The van der Waals surface area contributed by atoms with Crippen molar-refractivity contribution in [2.45, 2.75) is 44.2 Å². The number of nitrogens with zero attached hydrogens (tertiary/aromatic N) is 1. The highest BCUT2D eigenvalue weighted by atomic mass is 35.5. The van der Waals surface area contributed by atoms with Crippen molar-refractivity contribution >= 4 is 61.8 Å². The first-order chi connectivity index (χ1) is 12.1. The van der Waals surface area contributed by atoms with Crippen LogP contribution >= 0.6 is 45.9 Å². The summed E-state index contributed by atoms with van der Waals surface area (Å²) in [5, 5.41) is 6.76. The van der Waals surface area contributed by atoms with Crippen molar-refractivity contribution in [3.05, 3.63) is 43.5 Å². The molecular formula is C18H19Cl2N3S2. The standard InChI is InChI=1S/C18H19Cl2N3S2/c19-14-8-13(22-9-10-4-3-7-24-10)18-16(23-14)15(20)17(25-18)11-5-1-2-6-12(11)21/h3-4,7-8,11-12H,1-2,5-6,9,21H2,(H,22,23)/t11-,12+/m0/s1. The molecule has 0 unspecified atom stereocenters. The molecule has 3 aromatic heterocycles. The second kappa shape index (κ2) is 7.41. The van der Waals surface area contributed by atoms with Crippen molar-refractivity contribution in [1.82, 2.24) is 4.98 Å². The minimum Gasteiger partial charge on any atom is -0.379 e. The van der Waals surface area contributed by atoms with E-state index in [1.807, 2.05) is 6.07 Å². The zero-order chi connectivity index (χ0) is 17.4. The Morgan fingerprint density at radius 1 is 1.28 bits per heavy atom. The van der Waals surface area contributed by atoms with Crippen LogP contribution in [0.1, 0.15) is 41.4 Å². The van der Waals surface area contributed by atoms with E-state index in [0.29, 0.717) is 11.1 Å². The number of anilines is 1. The van der Waals surface area contributed by atoms with Gasteiger partial charge in [0.15, 0.2) is 0 Å². The van der Waals surface area contributed by atoms with Gasteiger partial charge in [0.2, 0.25) is 0 Å². The second-order valence-corrected chi connectivity index (χ2v) is 9.29. The van der Waals surface area contributed by atoms with Gasteiger partial charge in [0.25, 0.3) is 0 Å². The third kappa shape index (κ3) is 3.53. The van der Waals surface area contributed by atoms with Crippen molar-refractivity contribution in [2.75, 3.05) is 5.32 Å². The van der Waals surface area contributed by atoms with Crippen LogP contribution in [0.25, 0.3) is 10.2 Å². The van der Waals surface area contributed by atoms with Crippen LogP contribution in [0.3, 0.4) is 0 Å². The Morgan fingerprint density at radius 2 is 2.12 bits per heavy atom. The summed E-state index contributed by atoms with van der Waals surface area (Å²) in [6.07, 6.45) is 4.57. The number of thiophene rings is 2. The van der Waals surface area contributed by atoms with Gasteiger partial charge >= 0.3 is 0 Å². The molecule has 0 radical (unpaired) electrons. The lowest BCUT2D eigenvalue weighted by molar-refractivity contribution is 0.389. The van der Waals surface area contributed by atoms with E-state index >= 15 is 0 Å². The van der Waals surface area contributed by atoms with E-state index in [9.17, 15) is 0 Å². The normalized spacial score (nSPS) is 20.9. The van der Waals surface area contributed by atoms with Gasteiger partial charge in [-0.3, -0.25) is 0 Å². The molecule has 0 aromatic carbocycles. The lowest BCUT2D eigenvalue weighted by Gasteiger charge is -2.27. The fourth-order valence-electron chi connectivity index (χ4n) is 3.48. The quantitative estimate of drug-likeness (QED) is 0.497. The van der Waals surface area contributed by atoms with Crippen LogP contribution in [-0.4, -0.2) is 11.0 Å².